The maximum Gasteiger partial charge on any atom is 0.330 e. The normalized spacial score (nSPS) is 21.0. The topological polar surface area (TPSA) is 75.6 Å². The molecular weight excluding hydrogens is 290 g/mol. The summed E-state index contributed by atoms with van der Waals surface area (Å²) in [6.45, 7) is 3.72. The van der Waals surface area contributed by atoms with Crippen LogP contribution in [0.1, 0.15) is 17.5 Å². The Morgan fingerprint density at radius 1 is 1.43 bits per heavy atom. The summed E-state index contributed by atoms with van der Waals surface area (Å²) in [6.07, 6.45) is 0.447. The summed E-state index contributed by atoms with van der Waals surface area (Å²) in [5, 5.41) is 11.9. The summed E-state index contributed by atoms with van der Waals surface area (Å²) in [5.41, 5.74) is 0.928. The summed E-state index contributed by atoms with van der Waals surface area (Å²) in [5.74, 6) is 0.399. The number of hydrogen-bond donors (Lipinski definition) is 2. The van der Waals surface area contributed by atoms with E-state index in [1.54, 1.807) is 0 Å². The van der Waals surface area contributed by atoms with Gasteiger partial charge in [0.15, 0.2) is 6.61 Å². The molecule has 1 aromatic carbocycles. The lowest BCUT2D eigenvalue weighted by Crippen LogP contribution is -2.55. The van der Waals surface area contributed by atoms with E-state index in [-0.39, 0.29) is 6.61 Å². The van der Waals surface area contributed by atoms with E-state index in [2.05, 4.69) is 5.32 Å². The first kappa shape index (κ1) is 15.7. The average molecular weight is 309 g/mol. The minimum atomic E-state index is -1.15. The standard InChI is InChI=1S/C15H19NO4S/c1-10-3-4-12(11(2)7-10)20-8-13(17)16-15(14(18)19)5-6-21-9-15/h3-4,7H,5-6,8-9H2,1-2H3,(H,16,17)(H,18,19). The van der Waals surface area contributed by atoms with Gasteiger partial charge in [-0.25, -0.2) is 4.79 Å². The van der Waals surface area contributed by atoms with Crippen LogP contribution in [0, 0.1) is 13.8 Å². The number of hydrogen-bond acceptors (Lipinski definition) is 4. The maximum atomic E-state index is 12.0. The van der Waals surface area contributed by atoms with E-state index in [1.807, 2.05) is 32.0 Å². The maximum absolute atomic E-state index is 12.0. The van der Waals surface area contributed by atoms with E-state index >= 15 is 0 Å². The van der Waals surface area contributed by atoms with E-state index in [1.165, 1.54) is 11.8 Å². The molecule has 1 aliphatic heterocycles. The highest BCUT2D eigenvalue weighted by molar-refractivity contribution is 7.99. The molecular formula is C15H19NO4S. The van der Waals surface area contributed by atoms with Crippen molar-refractivity contribution in [1.82, 2.24) is 5.32 Å². The van der Waals surface area contributed by atoms with Crippen LogP contribution < -0.4 is 10.1 Å². The molecule has 1 unspecified atom stereocenters. The highest BCUT2D eigenvalue weighted by Crippen LogP contribution is 2.28. The van der Waals surface area contributed by atoms with E-state index in [0.717, 1.165) is 16.9 Å². The van der Waals surface area contributed by atoms with Gasteiger partial charge in [-0.1, -0.05) is 17.7 Å². The number of thioether (sulfide) groups is 1. The zero-order valence-electron chi connectivity index (χ0n) is 12.1. The molecule has 5 nitrogen and oxygen atoms in total. The largest absolute Gasteiger partial charge is 0.484 e. The van der Waals surface area contributed by atoms with E-state index in [9.17, 15) is 14.7 Å². The van der Waals surface area contributed by atoms with E-state index < -0.39 is 17.4 Å². The van der Waals surface area contributed by atoms with Crippen LogP contribution in [0.4, 0.5) is 0 Å². The fourth-order valence-corrected chi connectivity index (χ4v) is 3.62. The third kappa shape index (κ3) is 3.69. The molecule has 0 saturated carbocycles. The van der Waals surface area contributed by atoms with Crippen LogP contribution in [0.2, 0.25) is 0 Å². The van der Waals surface area contributed by atoms with Gasteiger partial charge < -0.3 is 15.2 Å². The lowest BCUT2D eigenvalue weighted by atomic mass is 9.99. The van der Waals surface area contributed by atoms with Crippen molar-refractivity contribution in [1.29, 1.82) is 0 Å². The van der Waals surface area contributed by atoms with Crippen LogP contribution in [0.3, 0.4) is 0 Å². The van der Waals surface area contributed by atoms with Crippen LogP contribution >= 0.6 is 11.8 Å². The van der Waals surface area contributed by atoms with Crippen LogP contribution in [-0.4, -0.2) is 40.6 Å². The summed E-state index contributed by atoms with van der Waals surface area (Å²) in [6, 6.07) is 5.70. The number of aryl methyl sites for hydroxylation is 2. The molecule has 114 valence electrons. The third-order valence-electron chi connectivity index (χ3n) is 3.50. The van der Waals surface area contributed by atoms with Crippen LogP contribution in [0.15, 0.2) is 18.2 Å². The second kappa shape index (κ2) is 6.39. The summed E-state index contributed by atoms with van der Waals surface area (Å²) in [7, 11) is 0. The van der Waals surface area contributed by atoms with Crippen LogP contribution in [0.5, 0.6) is 5.75 Å². The van der Waals surface area contributed by atoms with Crippen molar-refractivity contribution in [3.8, 4) is 5.75 Å². The van der Waals surface area contributed by atoms with Crippen molar-refractivity contribution >= 4 is 23.6 Å². The molecule has 21 heavy (non-hydrogen) atoms. The molecule has 0 bridgehead atoms. The van der Waals surface area contributed by atoms with Crippen LogP contribution in [0.25, 0.3) is 0 Å². The third-order valence-corrected chi connectivity index (χ3v) is 4.69. The fraction of sp³-hybridized carbons (Fsp3) is 0.467. The number of aliphatic carboxylic acids is 1. The number of carboxylic acids is 1. The number of benzene rings is 1. The predicted molar refractivity (Wildman–Crippen MR) is 81.9 cm³/mol. The van der Waals surface area contributed by atoms with Gasteiger partial charge in [0.2, 0.25) is 0 Å². The number of carbonyl (C=O) groups is 2. The lowest BCUT2D eigenvalue weighted by molar-refractivity contribution is -0.146. The molecule has 0 spiro atoms. The Bertz CT molecular complexity index is 553. The van der Waals surface area contributed by atoms with Crippen molar-refractivity contribution in [3.05, 3.63) is 29.3 Å². The summed E-state index contributed by atoms with van der Waals surface area (Å²) in [4.78, 5) is 23.3. The van der Waals surface area contributed by atoms with Gasteiger partial charge in [0.1, 0.15) is 11.3 Å². The molecule has 0 aromatic heterocycles. The first-order valence-electron chi connectivity index (χ1n) is 6.75. The molecule has 1 fully saturated rings. The van der Waals surface area contributed by atoms with Crippen molar-refractivity contribution in [2.24, 2.45) is 0 Å². The van der Waals surface area contributed by atoms with Gasteiger partial charge in [-0.3, -0.25) is 4.79 Å². The minimum Gasteiger partial charge on any atom is -0.484 e. The monoisotopic (exact) mass is 309 g/mol. The average Bonchev–Trinajstić information content (AvgIpc) is 2.87. The Kier molecular flexibility index (Phi) is 4.77. The molecule has 0 aliphatic carbocycles. The number of amides is 1. The Balaban J connectivity index is 1.94. The van der Waals surface area contributed by atoms with Crippen molar-refractivity contribution < 1.29 is 19.4 Å². The molecule has 2 rings (SSSR count). The number of nitrogens with one attached hydrogen (secondary N) is 1. The van der Waals surface area contributed by atoms with Crippen LogP contribution in [-0.2, 0) is 9.59 Å². The minimum absolute atomic E-state index is 0.177. The molecule has 2 N–H and O–H groups in total. The van der Waals surface area contributed by atoms with E-state index in [4.69, 9.17) is 4.74 Å². The molecule has 1 aromatic rings. The molecule has 0 radical (unpaired) electrons. The highest BCUT2D eigenvalue weighted by Gasteiger charge is 2.43. The van der Waals surface area contributed by atoms with Gasteiger partial charge in [-0.2, -0.15) is 11.8 Å². The molecule has 1 saturated heterocycles. The summed E-state index contributed by atoms with van der Waals surface area (Å²) < 4.78 is 5.48. The second-order valence-corrected chi connectivity index (χ2v) is 6.40. The predicted octanol–water partition coefficient (Wildman–Crippen LogP) is 1.76. The van der Waals surface area contributed by atoms with Gasteiger partial charge in [0.05, 0.1) is 0 Å². The quantitative estimate of drug-likeness (QED) is 0.867. The fourth-order valence-electron chi connectivity index (χ4n) is 2.29. The van der Waals surface area contributed by atoms with Gasteiger partial charge in [-0.15, -0.1) is 0 Å². The van der Waals surface area contributed by atoms with Crippen molar-refractivity contribution in [3.63, 3.8) is 0 Å². The molecule has 1 heterocycles. The molecule has 1 amide bonds. The first-order valence-corrected chi connectivity index (χ1v) is 7.91. The highest BCUT2D eigenvalue weighted by atomic mass is 32.2. The second-order valence-electron chi connectivity index (χ2n) is 5.30. The Labute approximate surface area is 128 Å². The van der Waals surface area contributed by atoms with Gasteiger partial charge >= 0.3 is 5.97 Å². The first-order chi connectivity index (χ1) is 9.93. The molecule has 1 atom stereocenters. The smallest absolute Gasteiger partial charge is 0.330 e. The van der Waals surface area contributed by atoms with Gasteiger partial charge in [0.25, 0.3) is 5.91 Å². The zero-order chi connectivity index (χ0) is 15.5. The van der Waals surface area contributed by atoms with Gasteiger partial charge in [-0.05, 0) is 37.7 Å². The van der Waals surface area contributed by atoms with Crippen molar-refractivity contribution in [2.75, 3.05) is 18.1 Å². The number of rotatable bonds is 5. The number of carbonyl (C=O) groups excluding carboxylic acids is 1. The Hall–Kier alpha value is -1.69. The Morgan fingerprint density at radius 3 is 2.76 bits per heavy atom. The summed E-state index contributed by atoms with van der Waals surface area (Å²) >= 11 is 1.53. The molecule has 6 heteroatoms. The number of carboxylic acid groups (broad SMARTS) is 1. The SMILES string of the molecule is Cc1ccc(OCC(=O)NC2(C(=O)O)CCSC2)c(C)c1. The zero-order valence-corrected chi connectivity index (χ0v) is 13.0. The van der Waals surface area contributed by atoms with Gasteiger partial charge in [0, 0.05) is 5.75 Å². The lowest BCUT2D eigenvalue weighted by Gasteiger charge is -2.24. The Morgan fingerprint density at radius 2 is 2.19 bits per heavy atom. The molecule has 1 aliphatic rings. The number of ether oxygens (including phenoxy) is 1. The van der Waals surface area contributed by atoms with Crippen molar-refractivity contribution in [2.45, 2.75) is 25.8 Å². The van der Waals surface area contributed by atoms with E-state index in [0.29, 0.717) is 17.9 Å².